The Kier molecular flexibility index (Phi) is 6.57. The molecule has 0 atom stereocenters. The van der Waals surface area contributed by atoms with E-state index >= 15 is 0 Å². The molecule has 3 heteroatoms. The monoisotopic (exact) mass is 345 g/mol. The Morgan fingerprint density at radius 1 is 0.731 bits per heavy atom. The lowest BCUT2D eigenvalue weighted by Gasteiger charge is -2.22. The van der Waals surface area contributed by atoms with Gasteiger partial charge in [-0.2, -0.15) is 5.06 Å². The van der Waals surface area contributed by atoms with Crippen LogP contribution in [0.2, 0.25) is 0 Å². The molecule has 0 N–H and O–H groups in total. The van der Waals surface area contributed by atoms with Crippen LogP contribution in [0.5, 0.6) is 0 Å². The second-order valence-electron chi connectivity index (χ2n) is 6.08. The van der Waals surface area contributed by atoms with Gasteiger partial charge in [-0.15, -0.1) is 0 Å². The highest BCUT2D eigenvalue weighted by molar-refractivity contribution is 6.04. The number of amides is 1. The van der Waals surface area contributed by atoms with E-state index < -0.39 is 0 Å². The van der Waals surface area contributed by atoms with E-state index in [-0.39, 0.29) is 5.91 Å². The second-order valence-corrected chi connectivity index (χ2v) is 6.08. The number of unbranched alkanes of at least 4 members (excludes halogenated alkanes) is 1. The van der Waals surface area contributed by atoms with E-state index in [1.807, 2.05) is 54.6 Å². The van der Waals surface area contributed by atoms with E-state index in [1.54, 1.807) is 12.1 Å². The summed E-state index contributed by atoms with van der Waals surface area (Å²) in [5, 5.41) is 1.40. The molecule has 0 saturated carbocycles. The maximum atomic E-state index is 12.8. The summed E-state index contributed by atoms with van der Waals surface area (Å²) in [6, 6.07) is 29.1. The molecule has 0 spiro atoms. The normalized spacial score (nSPS) is 10.5. The number of nitrogens with zero attached hydrogens (tertiary/aromatic N) is 1. The van der Waals surface area contributed by atoms with E-state index in [0.717, 1.165) is 24.9 Å². The quantitative estimate of drug-likeness (QED) is 0.410. The molecule has 0 aromatic heterocycles. The summed E-state index contributed by atoms with van der Waals surface area (Å²) in [4.78, 5) is 18.7. The fourth-order valence-electron chi connectivity index (χ4n) is 2.74. The van der Waals surface area contributed by atoms with Crippen LogP contribution in [0.4, 0.5) is 5.69 Å². The standard InChI is InChI=1S/C23H23NO2/c25-23(21-15-6-2-7-16-21)24(22-17-8-3-9-18-22)26-19-11-10-14-20-12-4-1-5-13-20/h1-9,12-13,15-18H,10-11,14,19H2. The first-order valence-corrected chi connectivity index (χ1v) is 8.96. The Morgan fingerprint density at radius 2 is 1.31 bits per heavy atom. The van der Waals surface area contributed by atoms with E-state index in [1.165, 1.54) is 10.6 Å². The predicted octanol–water partition coefficient (Wildman–Crippen LogP) is 5.29. The fourth-order valence-corrected chi connectivity index (χ4v) is 2.74. The van der Waals surface area contributed by atoms with Crippen molar-refractivity contribution < 1.29 is 9.63 Å². The first-order valence-electron chi connectivity index (χ1n) is 8.96. The first-order chi connectivity index (χ1) is 12.8. The minimum absolute atomic E-state index is 0.153. The van der Waals surface area contributed by atoms with Crippen molar-refractivity contribution >= 4 is 11.6 Å². The molecule has 0 aliphatic heterocycles. The van der Waals surface area contributed by atoms with Gasteiger partial charge in [0.05, 0.1) is 12.3 Å². The topological polar surface area (TPSA) is 29.5 Å². The van der Waals surface area contributed by atoms with Gasteiger partial charge in [-0.05, 0) is 49.1 Å². The summed E-state index contributed by atoms with van der Waals surface area (Å²) in [6.07, 6.45) is 2.93. The van der Waals surface area contributed by atoms with Crippen molar-refractivity contribution in [2.75, 3.05) is 11.7 Å². The van der Waals surface area contributed by atoms with Gasteiger partial charge in [0, 0.05) is 5.56 Å². The minimum atomic E-state index is -0.153. The van der Waals surface area contributed by atoms with Gasteiger partial charge >= 0.3 is 0 Å². The molecule has 3 nitrogen and oxygen atoms in total. The minimum Gasteiger partial charge on any atom is -0.266 e. The van der Waals surface area contributed by atoms with Crippen LogP contribution in [0.25, 0.3) is 0 Å². The maximum Gasteiger partial charge on any atom is 0.282 e. The molecule has 26 heavy (non-hydrogen) atoms. The third-order valence-corrected chi connectivity index (χ3v) is 4.12. The first kappa shape index (κ1) is 17.9. The second kappa shape index (κ2) is 9.54. The number of carbonyl (C=O) groups excluding carboxylic acids is 1. The van der Waals surface area contributed by atoms with Crippen molar-refractivity contribution in [2.45, 2.75) is 19.3 Å². The van der Waals surface area contributed by atoms with Gasteiger partial charge in [0.25, 0.3) is 5.91 Å². The number of rotatable bonds is 8. The van der Waals surface area contributed by atoms with Gasteiger partial charge < -0.3 is 0 Å². The third kappa shape index (κ3) is 5.04. The number of hydroxylamine groups is 1. The zero-order valence-electron chi connectivity index (χ0n) is 14.8. The van der Waals surface area contributed by atoms with Crippen molar-refractivity contribution in [1.82, 2.24) is 0 Å². The molecular weight excluding hydrogens is 322 g/mol. The molecule has 0 saturated heterocycles. The molecule has 0 unspecified atom stereocenters. The number of carbonyl (C=O) groups is 1. The molecule has 0 aliphatic rings. The Bertz CT molecular complexity index is 788. The molecule has 0 bridgehead atoms. The lowest BCUT2D eigenvalue weighted by Crippen LogP contribution is -2.31. The van der Waals surface area contributed by atoms with Crippen molar-refractivity contribution in [3.8, 4) is 0 Å². The third-order valence-electron chi connectivity index (χ3n) is 4.12. The van der Waals surface area contributed by atoms with Crippen LogP contribution in [0.1, 0.15) is 28.8 Å². The molecule has 0 radical (unpaired) electrons. The van der Waals surface area contributed by atoms with Gasteiger partial charge in [-0.25, -0.2) is 0 Å². The number of aryl methyl sites for hydroxylation is 1. The summed E-state index contributed by atoms with van der Waals surface area (Å²) in [5.74, 6) is -0.153. The van der Waals surface area contributed by atoms with E-state index in [4.69, 9.17) is 4.84 Å². The van der Waals surface area contributed by atoms with Crippen molar-refractivity contribution in [3.05, 3.63) is 102 Å². The molecular formula is C23H23NO2. The molecule has 3 aromatic carbocycles. The van der Waals surface area contributed by atoms with Crippen molar-refractivity contribution in [2.24, 2.45) is 0 Å². The molecule has 3 aromatic rings. The highest BCUT2D eigenvalue weighted by atomic mass is 16.7. The SMILES string of the molecule is O=C(c1ccccc1)N(OCCCCc1ccccc1)c1ccccc1. The van der Waals surface area contributed by atoms with Crippen molar-refractivity contribution in [1.29, 1.82) is 0 Å². The number of hydrogen-bond donors (Lipinski definition) is 0. The predicted molar refractivity (Wildman–Crippen MR) is 105 cm³/mol. The number of anilines is 1. The summed E-state index contributed by atoms with van der Waals surface area (Å²) in [7, 11) is 0. The Labute approximate surface area is 154 Å². The number of para-hydroxylation sites is 1. The van der Waals surface area contributed by atoms with E-state index in [9.17, 15) is 4.79 Å². The molecule has 0 aliphatic carbocycles. The maximum absolute atomic E-state index is 12.8. The summed E-state index contributed by atoms with van der Waals surface area (Å²) in [5.41, 5.74) is 2.68. The fraction of sp³-hybridized carbons (Fsp3) is 0.174. The Hall–Kier alpha value is -2.91. The van der Waals surface area contributed by atoms with Crippen LogP contribution in [0, 0.1) is 0 Å². The lowest BCUT2D eigenvalue weighted by atomic mass is 10.1. The van der Waals surface area contributed by atoms with E-state index in [2.05, 4.69) is 24.3 Å². The molecule has 0 fully saturated rings. The van der Waals surface area contributed by atoms with Gasteiger partial charge in [-0.3, -0.25) is 9.63 Å². The molecule has 0 heterocycles. The largest absolute Gasteiger partial charge is 0.282 e. The molecule has 1 amide bonds. The van der Waals surface area contributed by atoms with Crippen LogP contribution in [0.3, 0.4) is 0 Å². The van der Waals surface area contributed by atoms with Crippen molar-refractivity contribution in [3.63, 3.8) is 0 Å². The number of benzene rings is 3. The van der Waals surface area contributed by atoms with Crippen LogP contribution in [0.15, 0.2) is 91.0 Å². The van der Waals surface area contributed by atoms with Crippen LogP contribution >= 0.6 is 0 Å². The Balaban J connectivity index is 1.59. The Morgan fingerprint density at radius 3 is 1.96 bits per heavy atom. The average Bonchev–Trinajstić information content (AvgIpc) is 2.72. The van der Waals surface area contributed by atoms with Crippen LogP contribution < -0.4 is 5.06 Å². The zero-order chi connectivity index (χ0) is 18.0. The zero-order valence-corrected chi connectivity index (χ0v) is 14.8. The van der Waals surface area contributed by atoms with Gasteiger partial charge in [0.1, 0.15) is 0 Å². The van der Waals surface area contributed by atoms with Crippen LogP contribution in [-0.2, 0) is 11.3 Å². The van der Waals surface area contributed by atoms with Gasteiger partial charge in [0.15, 0.2) is 0 Å². The lowest BCUT2D eigenvalue weighted by molar-refractivity contribution is 0.0638. The highest BCUT2D eigenvalue weighted by Crippen LogP contribution is 2.18. The van der Waals surface area contributed by atoms with Gasteiger partial charge in [0.2, 0.25) is 0 Å². The summed E-state index contributed by atoms with van der Waals surface area (Å²) < 4.78 is 0. The van der Waals surface area contributed by atoms with E-state index in [0.29, 0.717) is 12.2 Å². The van der Waals surface area contributed by atoms with Gasteiger partial charge in [-0.1, -0.05) is 66.7 Å². The van der Waals surface area contributed by atoms with Crippen LogP contribution in [-0.4, -0.2) is 12.5 Å². The average molecular weight is 345 g/mol. The number of hydrogen-bond acceptors (Lipinski definition) is 2. The molecule has 132 valence electrons. The summed E-state index contributed by atoms with van der Waals surface area (Å²) in [6.45, 7) is 0.500. The smallest absolute Gasteiger partial charge is 0.266 e. The summed E-state index contributed by atoms with van der Waals surface area (Å²) >= 11 is 0. The molecule has 3 rings (SSSR count). The highest BCUT2D eigenvalue weighted by Gasteiger charge is 2.18.